The van der Waals surface area contributed by atoms with Gasteiger partial charge in [-0.05, 0) is 32.4 Å². The maximum Gasteiger partial charge on any atom is 0.240 e. The van der Waals surface area contributed by atoms with Crippen LogP contribution in [0.5, 0.6) is 0 Å². The molecular weight excluding hydrogens is 280 g/mol. The molecule has 0 bridgehead atoms. The third-order valence-corrected chi connectivity index (χ3v) is 5.21. The van der Waals surface area contributed by atoms with Gasteiger partial charge < -0.3 is 9.64 Å². The van der Waals surface area contributed by atoms with Gasteiger partial charge in [0, 0.05) is 51.6 Å². The summed E-state index contributed by atoms with van der Waals surface area (Å²) >= 11 is 0. The molecule has 0 unspecified atom stereocenters. The number of aryl methyl sites for hydroxylation is 1. The molecule has 2 saturated heterocycles. The standard InChI is InChI=1S/C16H26N4O2/c1-18-11-13(22-3)10-15(18)16(21)20-8-5-12(6-9-20)14-4-7-17-19(14)2/h4,7,12-13,15H,5-6,8-11H2,1-3H3/t13-,15-/m0/s1. The Kier molecular flexibility index (Phi) is 4.49. The molecule has 6 heteroatoms. The number of likely N-dealkylation sites (tertiary alicyclic amines) is 2. The number of aromatic nitrogens is 2. The molecule has 122 valence electrons. The molecule has 0 aliphatic carbocycles. The molecule has 0 aromatic carbocycles. The van der Waals surface area contributed by atoms with Crippen molar-refractivity contribution in [2.24, 2.45) is 7.05 Å². The number of carbonyl (C=O) groups is 1. The maximum atomic E-state index is 12.7. The zero-order valence-corrected chi connectivity index (χ0v) is 13.7. The van der Waals surface area contributed by atoms with Crippen molar-refractivity contribution >= 4 is 5.91 Å². The zero-order valence-electron chi connectivity index (χ0n) is 13.7. The maximum absolute atomic E-state index is 12.7. The van der Waals surface area contributed by atoms with Gasteiger partial charge in [0.05, 0.1) is 12.1 Å². The summed E-state index contributed by atoms with van der Waals surface area (Å²) < 4.78 is 7.36. The Morgan fingerprint density at radius 2 is 2.05 bits per heavy atom. The fraction of sp³-hybridized carbons (Fsp3) is 0.750. The number of amides is 1. The zero-order chi connectivity index (χ0) is 15.7. The average molecular weight is 306 g/mol. The summed E-state index contributed by atoms with van der Waals surface area (Å²) in [7, 11) is 5.74. The molecule has 2 aliphatic rings. The minimum atomic E-state index is -0.0156. The second-order valence-electron chi connectivity index (χ2n) is 6.53. The Balaban J connectivity index is 1.57. The van der Waals surface area contributed by atoms with E-state index in [1.807, 2.05) is 29.9 Å². The number of methoxy groups -OCH3 is 1. The van der Waals surface area contributed by atoms with Gasteiger partial charge >= 0.3 is 0 Å². The van der Waals surface area contributed by atoms with Gasteiger partial charge in [0.25, 0.3) is 0 Å². The first kappa shape index (κ1) is 15.5. The molecule has 3 heterocycles. The molecule has 0 N–H and O–H groups in total. The Hall–Kier alpha value is -1.40. The number of nitrogens with zero attached hydrogens (tertiary/aromatic N) is 4. The number of ether oxygens (including phenoxy) is 1. The summed E-state index contributed by atoms with van der Waals surface area (Å²) in [6.45, 7) is 2.53. The van der Waals surface area contributed by atoms with Gasteiger partial charge in [-0.3, -0.25) is 14.4 Å². The van der Waals surface area contributed by atoms with E-state index in [1.54, 1.807) is 7.11 Å². The molecule has 1 aromatic heterocycles. The third kappa shape index (κ3) is 2.90. The first-order valence-electron chi connectivity index (χ1n) is 8.10. The van der Waals surface area contributed by atoms with Crippen LogP contribution in [0.15, 0.2) is 12.3 Å². The first-order valence-corrected chi connectivity index (χ1v) is 8.10. The topological polar surface area (TPSA) is 50.6 Å². The van der Waals surface area contributed by atoms with Crippen LogP contribution in [0.1, 0.15) is 30.9 Å². The fourth-order valence-corrected chi connectivity index (χ4v) is 3.80. The highest BCUT2D eigenvalue weighted by Crippen LogP contribution is 2.29. The monoisotopic (exact) mass is 306 g/mol. The summed E-state index contributed by atoms with van der Waals surface area (Å²) in [5, 5.41) is 4.25. The van der Waals surface area contributed by atoms with Gasteiger partial charge in [0.15, 0.2) is 0 Å². The van der Waals surface area contributed by atoms with Crippen molar-refractivity contribution in [3.8, 4) is 0 Å². The van der Waals surface area contributed by atoms with Crippen LogP contribution in [0.3, 0.4) is 0 Å². The van der Waals surface area contributed by atoms with Crippen LogP contribution in [0.25, 0.3) is 0 Å². The van der Waals surface area contributed by atoms with Crippen molar-refractivity contribution in [1.29, 1.82) is 0 Å². The van der Waals surface area contributed by atoms with Gasteiger partial charge in [-0.1, -0.05) is 0 Å². The van der Waals surface area contributed by atoms with Crippen LogP contribution in [-0.4, -0.2) is 71.4 Å². The van der Waals surface area contributed by atoms with E-state index in [0.29, 0.717) is 5.92 Å². The largest absolute Gasteiger partial charge is 0.380 e. The molecule has 2 atom stereocenters. The number of rotatable bonds is 3. The number of likely N-dealkylation sites (N-methyl/N-ethyl adjacent to an activating group) is 1. The Labute approximate surface area is 132 Å². The summed E-state index contributed by atoms with van der Waals surface area (Å²) in [4.78, 5) is 16.9. The normalized spacial score (nSPS) is 27.5. The molecule has 6 nitrogen and oxygen atoms in total. The van der Waals surface area contributed by atoms with Crippen LogP contribution in [0, 0.1) is 0 Å². The lowest BCUT2D eigenvalue weighted by Crippen LogP contribution is -2.47. The highest BCUT2D eigenvalue weighted by atomic mass is 16.5. The summed E-state index contributed by atoms with van der Waals surface area (Å²) in [5.41, 5.74) is 1.28. The van der Waals surface area contributed by atoms with Crippen LogP contribution in [-0.2, 0) is 16.6 Å². The van der Waals surface area contributed by atoms with Gasteiger partial charge in [-0.15, -0.1) is 0 Å². The van der Waals surface area contributed by atoms with Crippen molar-refractivity contribution in [2.75, 3.05) is 33.8 Å². The lowest BCUT2D eigenvalue weighted by atomic mass is 9.93. The predicted molar refractivity (Wildman–Crippen MR) is 83.6 cm³/mol. The van der Waals surface area contributed by atoms with Crippen molar-refractivity contribution in [2.45, 2.75) is 37.3 Å². The Morgan fingerprint density at radius 3 is 2.59 bits per heavy atom. The molecular formula is C16H26N4O2. The first-order chi connectivity index (χ1) is 10.6. The SMILES string of the molecule is CO[C@H]1C[C@@H](C(=O)N2CCC(c3ccnn3C)CC2)N(C)C1. The summed E-state index contributed by atoms with van der Waals surface area (Å²) in [6.07, 6.45) is 4.90. The van der Waals surface area contributed by atoms with E-state index in [4.69, 9.17) is 4.74 Å². The van der Waals surface area contributed by atoms with Crippen molar-refractivity contribution in [3.63, 3.8) is 0 Å². The number of hydrogen-bond donors (Lipinski definition) is 0. The van der Waals surface area contributed by atoms with E-state index >= 15 is 0 Å². The van der Waals surface area contributed by atoms with Gasteiger partial charge in [-0.2, -0.15) is 5.10 Å². The predicted octanol–water partition coefficient (Wildman–Crippen LogP) is 0.845. The highest BCUT2D eigenvalue weighted by molar-refractivity contribution is 5.82. The van der Waals surface area contributed by atoms with E-state index in [9.17, 15) is 4.79 Å². The lowest BCUT2D eigenvalue weighted by Gasteiger charge is -2.34. The van der Waals surface area contributed by atoms with Crippen molar-refractivity contribution < 1.29 is 9.53 Å². The van der Waals surface area contributed by atoms with Gasteiger partial charge in [-0.25, -0.2) is 0 Å². The average Bonchev–Trinajstić information content (AvgIpc) is 3.12. The third-order valence-electron chi connectivity index (χ3n) is 5.21. The molecule has 3 rings (SSSR count). The molecule has 0 saturated carbocycles. The van der Waals surface area contributed by atoms with Crippen LogP contribution >= 0.6 is 0 Å². The van der Waals surface area contributed by atoms with Gasteiger partial charge in [0.1, 0.15) is 0 Å². The van der Waals surface area contributed by atoms with Crippen molar-refractivity contribution in [1.82, 2.24) is 19.6 Å². The molecule has 0 spiro atoms. The summed E-state index contributed by atoms with van der Waals surface area (Å²) in [6, 6.07) is 2.08. The Morgan fingerprint density at radius 1 is 1.32 bits per heavy atom. The smallest absolute Gasteiger partial charge is 0.240 e. The molecule has 2 aliphatic heterocycles. The molecule has 1 amide bonds. The molecule has 0 radical (unpaired) electrons. The van der Waals surface area contributed by atoms with Gasteiger partial charge in [0.2, 0.25) is 5.91 Å². The van der Waals surface area contributed by atoms with E-state index in [-0.39, 0.29) is 18.1 Å². The molecule has 1 aromatic rings. The van der Waals surface area contributed by atoms with E-state index < -0.39 is 0 Å². The second kappa shape index (κ2) is 6.38. The Bertz CT molecular complexity index is 522. The van der Waals surface area contributed by atoms with E-state index in [0.717, 1.165) is 38.9 Å². The fourth-order valence-electron chi connectivity index (χ4n) is 3.80. The molecule has 2 fully saturated rings. The van der Waals surface area contributed by atoms with E-state index in [1.165, 1.54) is 5.69 Å². The number of hydrogen-bond acceptors (Lipinski definition) is 4. The van der Waals surface area contributed by atoms with Crippen LogP contribution < -0.4 is 0 Å². The minimum absolute atomic E-state index is 0.0156. The van der Waals surface area contributed by atoms with E-state index in [2.05, 4.69) is 16.1 Å². The van der Waals surface area contributed by atoms with Crippen molar-refractivity contribution in [3.05, 3.63) is 18.0 Å². The lowest BCUT2D eigenvalue weighted by molar-refractivity contribution is -0.136. The summed E-state index contributed by atoms with van der Waals surface area (Å²) in [5.74, 6) is 0.787. The van der Waals surface area contributed by atoms with Crippen LogP contribution in [0.2, 0.25) is 0 Å². The number of piperidine rings is 1. The minimum Gasteiger partial charge on any atom is -0.380 e. The number of carbonyl (C=O) groups excluding carboxylic acids is 1. The highest BCUT2D eigenvalue weighted by Gasteiger charge is 2.38. The quantitative estimate of drug-likeness (QED) is 0.830. The molecule has 22 heavy (non-hydrogen) atoms. The van der Waals surface area contributed by atoms with Crippen LogP contribution in [0.4, 0.5) is 0 Å². The second-order valence-corrected chi connectivity index (χ2v) is 6.53.